The average molecular weight is 479 g/mol. The molecule has 2 heterocycles. The third-order valence-electron chi connectivity index (χ3n) is 7.23. The number of aryl methyl sites for hydroxylation is 2. The number of hydrogen-bond donors (Lipinski definition) is 3. The molecule has 2 fully saturated rings. The fourth-order valence-corrected chi connectivity index (χ4v) is 5.54. The summed E-state index contributed by atoms with van der Waals surface area (Å²) in [7, 11) is 0. The molecule has 3 atom stereocenters. The molecule has 2 aliphatic rings. The summed E-state index contributed by atoms with van der Waals surface area (Å²) in [6.07, 6.45) is 0.717. The number of hydrogen-bond acceptors (Lipinski definition) is 4. The Balaban J connectivity index is 1.38. The normalized spacial score (nSPS) is 20.3. The fraction of sp³-hybridized carbons (Fsp3) is 0.444. The molecule has 2 aromatic carbocycles. The van der Waals surface area contributed by atoms with E-state index in [9.17, 15) is 14.4 Å². The van der Waals surface area contributed by atoms with Crippen LogP contribution in [0.15, 0.2) is 48.5 Å². The summed E-state index contributed by atoms with van der Waals surface area (Å²) in [6, 6.07) is 15.9. The number of aliphatic carboxylic acids is 1. The van der Waals surface area contributed by atoms with Crippen LogP contribution in [0.5, 0.6) is 0 Å². The van der Waals surface area contributed by atoms with Gasteiger partial charge in [-0.15, -0.1) is 0 Å². The van der Waals surface area contributed by atoms with Crippen LogP contribution in [-0.2, 0) is 4.79 Å². The van der Waals surface area contributed by atoms with Gasteiger partial charge in [0.25, 0.3) is 5.91 Å². The highest BCUT2D eigenvalue weighted by molar-refractivity contribution is 5.97. The van der Waals surface area contributed by atoms with E-state index in [0.29, 0.717) is 18.4 Å². The quantitative estimate of drug-likeness (QED) is 0.542. The van der Waals surface area contributed by atoms with Crippen molar-refractivity contribution < 1.29 is 19.5 Å². The molecule has 0 aromatic heterocycles. The lowest BCUT2D eigenvalue weighted by Crippen LogP contribution is -2.40. The first-order valence-corrected chi connectivity index (χ1v) is 12.2. The summed E-state index contributed by atoms with van der Waals surface area (Å²) >= 11 is 0. The Morgan fingerprint density at radius 1 is 0.914 bits per heavy atom. The molecular weight excluding hydrogens is 444 g/mol. The first-order valence-electron chi connectivity index (χ1n) is 12.2. The van der Waals surface area contributed by atoms with Gasteiger partial charge in [-0.25, -0.2) is 4.79 Å². The second-order valence-corrected chi connectivity index (χ2v) is 9.67. The lowest BCUT2D eigenvalue weighted by atomic mass is 10.0. The minimum absolute atomic E-state index is 0.137. The molecule has 0 bridgehead atoms. The summed E-state index contributed by atoms with van der Waals surface area (Å²) in [6.45, 7) is 7.39. The number of carboxylic acids is 1. The molecule has 3 amide bonds. The molecule has 2 unspecified atom stereocenters. The van der Waals surface area contributed by atoms with Crippen LogP contribution in [0.2, 0.25) is 0 Å². The summed E-state index contributed by atoms with van der Waals surface area (Å²) in [5, 5.41) is 13.8. The molecule has 4 rings (SSSR count). The van der Waals surface area contributed by atoms with Crippen molar-refractivity contribution in [3.05, 3.63) is 70.8 Å². The monoisotopic (exact) mass is 478 g/mol. The Morgan fingerprint density at radius 2 is 1.54 bits per heavy atom. The second-order valence-electron chi connectivity index (χ2n) is 9.67. The van der Waals surface area contributed by atoms with Gasteiger partial charge in [0.1, 0.15) is 6.54 Å². The number of carbonyl (C=O) groups excluding carboxylic acids is 2. The highest BCUT2D eigenvalue weighted by atomic mass is 16.4. The van der Waals surface area contributed by atoms with Gasteiger partial charge in [0.05, 0.1) is 0 Å². The number of likely N-dealkylation sites (tertiary alicyclic amines) is 2. The van der Waals surface area contributed by atoms with E-state index in [2.05, 4.69) is 27.7 Å². The molecule has 2 aliphatic heterocycles. The smallest absolute Gasteiger partial charge is 0.323 e. The summed E-state index contributed by atoms with van der Waals surface area (Å²) in [4.78, 5) is 40.3. The van der Waals surface area contributed by atoms with Crippen molar-refractivity contribution in [2.45, 2.75) is 26.3 Å². The third kappa shape index (κ3) is 5.82. The minimum Gasteiger partial charge on any atom is -0.480 e. The van der Waals surface area contributed by atoms with E-state index in [1.807, 2.05) is 55.1 Å². The van der Waals surface area contributed by atoms with E-state index in [1.165, 1.54) is 5.56 Å². The number of nitrogens with one attached hydrogen (secondary N) is 2. The van der Waals surface area contributed by atoms with Crippen LogP contribution in [0.25, 0.3) is 0 Å². The van der Waals surface area contributed by atoms with Crippen LogP contribution < -0.4 is 10.6 Å². The summed E-state index contributed by atoms with van der Waals surface area (Å²) < 4.78 is 0. The van der Waals surface area contributed by atoms with Gasteiger partial charge < -0.3 is 20.6 Å². The van der Waals surface area contributed by atoms with Crippen LogP contribution in [-0.4, -0.2) is 72.1 Å². The van der Waals surface area contributed by atoms with Crippen molar-refractivity contribution in [3.8, 4) is 0 Å². The molecule has 0 saturated carbocycles. The van der Waals surface area contributed by atoms with Crippen LogP contribution in [0, 0.1) is 25.7 Å². The number of rotatable bonds is 8. The van der Waals surface area contributed by atoms with Crippen LogP contribution in [0.1, 0.15) is 39.5 Å². The van der Waals surface area contributed by atoms with E-state index in [-0.39, 0.29) is 11.9 Å². The topological polar surface area (TPSA) is 102 Å². The van der Waals surface area contributed by atoms with Crippen molar-refractivity contribution in [2.24, 2.45) is 11.8 Å². The molecule has 2 saturated heterocycles. The van der Waals surface area contributed by atoms with Gasteiger partial charge >= 0.3 is 12.0 Å². The highest BCUT2D eigenvalue weighted by Gasteiger charge is 2.43. The minimum atomic E-state index is -1.07. The Kier molecular flexibility index (Phi) is 7.70. The molecule has 186 valence electrons. The zero-order chi connectivity index (χ0) is 24.9. The van der Waals surface area contributed by atoms with Gasteiger partial charge in [0, 0.05) is 44.3 Å². The second kappa shape index (κ2) is 10.9. The lowest BCUT2D eigenvalue weighted by molar-refractivity contribution is -0.135. The number of benzene rings is 2. The molecule has 0 radical (unpaired) electrons. The van der Waals surface area contributed by atoms with E-state index < -0.39 is 18.5 Å². The third-order valence-corrected chi connectivity index (χ3v) is 7.23. The van der Waals surface area contributed by atoms with E-state index in [1.54, 1.807) is 0 Å². The van der Waals surface area contributed by atoms with Gasteiger partial charge in [-0.2, -0.15) is 0 Å². The lowest BCUT2D eigenvalue weighted by Gasteiger charge is -2.30. The first kappa shape index (κ1) is 24.7. The Bertz CT molecular complexity index is 1040. The predicted octanol–water partition coefficient (Wildman–Crippen LogP) is 2.82. The number of carbonyl (C=O) groups is 3. The van der Waals surface area contributed by atoms with Gasteiger partial charge in [-0.3, -0.25) is 14.5 Å². The number of fused-ring (bicyclic) bond motifs is 1. The van der Waals surface area contributed by atoms with Crippen LogP contribution >= 0.6 is 0 Å². The fourth-order valence-electron chi connectivity index (χ4n) is 5.54. The van der Waals surface area contributed by atoms with Gasteiger partial charge in [-0.05, 0) is 48.8 Å². The van der Waals surface area contributed by atoms with Gasteiger partial charge in [0.15, 0.2) is 0 Å². The number of carboxylic acid groups (broad SMARTS) is 1. The summed E-state index contributed by atoms with van der Waals surface area (Å²) in [5.41, 5.74) is 4.08. The summed E-state index contributed by atoms with van der Waals surface area (Å²) in [5.74, 6) is -0.0728. The van der Waals surface area contributed by atoms with Crippen molar-refractivity contribution >= 4 is 17.9 Å². The predicted molar refractivity (Wildman–Crippen MR) is 133 cm³/mol. The SMILES string of the molecule is Cc1cccc(C)c1C(=O)N1CC2CN(C(CCNC(=O)NCC(=O)O)c3ccccc3)C[C@H]2C1. The van der Waals surface area contributed by atoms with E-state index in [0.717, 1.165) is 49.3 Å². The molecule has 3 N–H and O–H groups in total. The van der Waals surface area contributed by atoms with Crippen LogP contribution in [0.4, 0.5) is 4.79 Å². The average Bonchev–Trinajstić information content (AvgIpc) is 3.40. The molecule has 2 aromatic rings. The Labute approximate surface area is 206 Å². The Morgan fingerprint density at radius 3 is 2.14 bits per heavy atom. The first-order chi connectivity index (χ1) is 16.8. The van der Waals surface area contributed by atoms with Gasteiger partial charge in [0.2, 0.25) is 0 Å². The Hall–Kier alpha value is -3.39. The standard InChI is InChI=1S/C27H34N4O4/c1-18-7-6-8-19(2)25(18)26(34)31-16-21-14-30(15-22(21)17-31)23(20-9-4-3-5-10-20)11-12-28-27(35)29-13-24(32)33/h3-10,21-23H,11-17H2,1-2H3,(H,32,33)(H2,28,29,35)/t21-,22?,23?/m0/s1. The number of amides is 3. The van der Waals surface area contributed by atoms with Crippen molar-refractivity contribution in [2.75, 3.05) is 39.3 Å². The maximum Gasteiger partial charge on any atom is 0.323 e. The number of nitrogens with zero attached hydrogens (tertiary/aromatic N) is 2. The molecular formula is C27H34N4O4. The zero-order valence-corrected chi connectivity index (χ0v) is 20.4. The largest absolute Gasteiger partial charge is 0.480 e. The number of urea groups is 1. The maximum atomic E-state index is 13.3. The molecule has 35 heavy (non-hydrogen) atoms. The maximum absolute atomic E-state index is 13.3. The zero-order valence-electron chi connectivity index (χ0n) is 20.4. The molecule has 0 aliphatic carbocycles. The highest BCUT2D eigenvalue weighted by Crippen LogP contribution is 2.37. The van der Waals surface area contributed by atoms with Crippen molar-refractivity contribution in [1.29, 1.82) is 0 Å². The van der Waals surface area contributed by atoms with Crippen LogP contribution in [0.3, 0.4) is 0 Å². The van der Waals surface area contributed by atoms with Crippen molar-refractivity contribution in [1.82, 2.24) is 20.4 Å². The van der Waals surface area contributed by atoms with E-state index >= 15 is 0 Å². The van der Waals surface area contributed by atoms with Gasteiger partial charge in [-0.1, -0.05) is 48.5 Å². The molecule has 8 heteroatoms. The molecule has 8 nitrogen and oxygen atoms in total. The van der Waals surface area contributed by atoms with E-state index in [4.69, 9.17) is 5.11 Å². The molecule has 0 spiro atoms. The van der Waals surface area contributed by atoms with Crippen molar-refractivity contribution in [3.63, 3.8) is 0 Å².